The van der Waals surface area contributed by atoms with Crippen LogP contribution < -0.4 is 10.6 Å². The fourth-order valence-electron chi connectivity index (χ4n) is 2.82. The molecular weight excluding hydrogens is 354 g/mol. The second-order valence-corrected chi connectivity index (χ2v) is 6.56. The Morgan fingerprint density at radius 3 is 2.62 bits per heavy atom. The number of benzene rings is 2. The highest BCUT2D eigenvalue weighted by Crippen LogP contribution is 2.20. The van der Waals surface area contributed by atoms with Crippen LogP contribution in [0.5, 0.6) is 0 Å². The molecule has 1 atom stereocenters. The van der Waals surface area contributed by atoms with Crippen molar-refractivity contribution in [2.75, 3.05) is 11.9 Å². The smallest absolute Gasteiger partial charge is 0.325 e. The molecule has 7 heteroatoms. The van der Waals surface area contributed by atoms with E-state index in [9.17, 15) is 14.4 Å². The molecule has 26 heavy (non-hydrogen) atoms. The highest BCUT2D eigenvalue weighted by atomic mass is 35.5. The maximum absolute atomic E-state index is 12.5. The van der Waals surface area contributed by atoms with Gasteiger partial charge in [0.2, 0.25) is 5.91 Å². The van der Waals surface area contributed by atoms with Crippen molar-refractivity contribution in [3.63, 3.8) is 0 Å². The van der Waals surface area contributed by atoms with Gasteiger partial charge in [-0.2, -0.15) is 0 Å². The van der Waals surface area contributed by atoms with E-state index < -0.39 is 23.9 Å². The first kappa shape index (κ1) is 17.9. The first-order valence-corrected chi connectivity index (χ1v) is 8.53. The van der Waals surface area contributed by atoms with Gasteiger partial charge in [-0.1, -0.05) is 41.9 Å². The second-order valence-electron chi connectivity index (χ2n) is 6.12. The summed E-state index contributed by atoms with van der Waals surface area (Å²) in [6.45, 7) is 1.48. The molecule has 134 valence electrons. The molecule has 4 amide bonds. The van der Waals surface area contributed by atoms with Crippen LogP contribution in [0.3, 0.4) is 0 Å². The summed E-state index contributed by atoms with van der Waals surface area (Å²) in [5.41, 5.74) is 2.33. The highest BCUT2D eigenvalue weighted by Gasteiger charge is 2.38. The number of urea groups is 1. The van der Waals surface area contributed by atoms with Crippen LogP contribution >= 0.6 is 11.6 Å². The number of amides is 4. The van der Waals surface area contributed by atoms with E-state index >= 15 is 0 Å². The van der Waals surface area contributed by atoms with Gasteiger partial charge in [0.25, 0.3) is 5.91 Å². The van der Waals surface area contributed by atoms with E-state index in [1.165, 1.54) is 0 Å². The van der Waals surface area contributed by atoms with Gasteiger partial charge in [0.15, 0.2) is 0 Å². The van der Waals surface area contributed by atoms with Gasteiger partial charge >= 0.3 is 6.03 Å². The summed E-state index contributed by atoms with van der Waals surface area (Å²) in [6, 6.07) is 13.2. The van der Waals surface area contributed by atoms with Crippen LogP contribution in [0.2, 0.25) is 5.02 Å². The van der Waals surface area contributed by atoms with Crippen LogP contribution in [0.15, 0.2) is 48.5 Å². The third-order valence-corrected chi connectivity index (χ3v) is 4.39. The minimum atomic E-state index is -0.657. The van der Waals surface area contributed by atoms with E-state index in [1.54, 1.807) is 18.2 Å². The molecule has 2 aromatic rings. The standard InChI is InChI=1S/C19H18ClN3O3/c1-12-9-14(20)7-8-15(12)21-17(24)11-23-18(25)16(22-19(23)26)10-13-5-3-2-4-6-13/h2-9,16H,10-11H2,1H3,(H,21,24)(H,22,26). The van der Waals surface area contributed by atoms with Crippen molar-refractivity contribution >= 4 is 35.1 Å². The van der Waals surface area contributed by atoms with Gasteiger partial charge in [0.1, 0.15) is 12.6 Å². The van der Waals surface area contributed by atoms with Gasteiger partial charge in [-0.05, 0) is 36.2 Å². The van der Waals surface area contributed by atoms with Gasteiger partial charge in [0, 0.05) is 17.1 Å². The van der Waals surface area contributed by atoms with Crippen molar-refractivity contribution in [3.05, 3.63) is 64.7 Å². The predicted molar refractivity (Wildman–Crippen MR) is 99.0 cm³/mol. The van der Waals surface area contributed by atoms with Gasteiger partial charge < -0.3 is 10.6 Å². The SMILES string of the molecule is Cc1cc(Cl)ccc1NC(=O)CN1C(=O)NC(Cc2ccccc2)C1=O. The Hall–Kier alpha value is -2.86. The van der Waals surface area contributed by atoms with E-state index in [0.717, 1.165) is 16.0 Å². The van der Waals surface area contributed by atoms with E-state index in [2.05, 4.69) is 10.6 Å². The predicted octanol–water partition coefficient (Wildman–Crippen LogP) is 2.75. The Morgan fingerprint density at radius 2 is 1.92 bits per heavy atom. The van der Waals surface area contributed by atoms with Crippen molar-refractivity contribution < 1.29 is 14.4 Å². The summed E-state index contributed by atoms with van der Waals surface area (Å²) in [5, 5.41) is 5.90. The van der Waals surface area contributed by atoms with Crippen LogP contribution in [0, 0.1) is 6.92 Å². The second kappa shape index (κ2) is 7.58. The summed E-state index contributed by atoms with van der Waals surface area (Å²) in [4.78, 5) is 37.7. The normalized spacial score (nSPS) is 16.5. The van der Waals surface area contributed by atoms with Crippen LogP contribution in [-0.4, -0.2) is 35.3 Å². The van der Waals surface area contributed by atoms with Crippen LogP contribution in [0.1, 0.15) is 11.1 Å². The number of nitrogens with zero attached hydrogens (tertiary/aromatic N) is 1. The molecule has 0 bridgehead atoms. The first-order chi connectivity index (χ1) is 12.4. The minimum Gasteiger partial charge on any atom is -0.325 e. The van der Waals surface area contributed by atoms with E-state index in [0.29, 0.717) is 17.1 Å². The monoisotopic (exact) mass is 371 g/mol. The van der Waals surface area contributed by atoms with Crippen molar-refractivity contribution in [2.45, 2.75) is 19.4 Å². The van der Waals surface area contributed by atoms with Gasteiger partial charge in [-0.15, -0.1) is 0 Å². The van der Waals surface area contributed by atoms with Gasteiger partial charge in [-0.25, -0.2) is 4.79 Å². The summed E-state index contributed by atoms with van der Waals surface area (Å²) in [5.74, 6) is -0.846. The van der Waals surface area contributed by atoms with Crippen LogP contribution in [0.4, 0.5) is 10.5 Å². The number of carbonyl (C=O) groups is 3. The molecule has 6 nitrogen and oxygen atoms in total. The van der Waals surface area contributed by atoms with Crippen molar-refractivity contribution in [1.82, 2.24) is 10.2 Å². The molecule has 1 heterocycles. The Morgan fingerprint density at radius 1 is 1.19 bits per heavy atom. The number of carbonyl (C=O) groups excluding carboxylic acids is 3. The average molecular weight is 372 g/mol. The first-order valence-electron chi connectivity index (χ1n) is 8.16. The topological polar surface area (TPSA) is 78.5 Å². The highest BCUT2D eigenvalue weighted by molar-refractivity contribution is 6.30. The molecule has 2 N–H and O–H groups in total. The molecule has 1 aliphatic rings. The summed E-state index contributed by atoms with van der Waals surface area (Å²) < 4.78 is 0. The molecule has 1 aliphatic heterocycles. The molecule has 1 saturated heterocycles. The maximum Gasteiger partial charge on any atom is 0.325 e. The number of halogens is 1. The molecule has 0 aromatic heterocycles. The fraction of sp³-hybridized carbons (Fsp3) is 0.211. The van der Waals surface area contributed by atoms with Gasteiger partial charge in [0.05, 0.1) is 0 Å². The molecule has 0 saturated carbocycles. The largest absolute Gasteiger partial charge is 0.325 e. The molecule has 0 spiro atoms. The minimum absolute atomic E-state index is 0.335. The number of hydrogen-bond acceptors (Lipinski definition) is 3. The number of rotatable bonds is 5. The molecule has 1 fully saturated rings. The molecule has 3 rings (SSSR count). The lowest BCUT2D eigenvalue weighted by Crippen LogP contribution is -2.38. The number of hydrogen-bond donors (Lipinski definition) is 2. The van der Waals surface area contributed by atoms with Gasteiger partial charge in [-0.3, -0.25) is 14.5 Å². The summed E-state index contributed by atoms with van der Waals surface area (Å²) in [7, 11) is 0. The molecule has 1 unspecified atom stereocenters. The van der Waals surface area contributed by atoms with E-state index in [-0.39, 0.29) is 6.54 Å². The Balaban J connectivity index is 1.63. The van der Waals surface area contributed by atoms with E-state index in [4.69, 9.17) is 11.6 Å². The zero-order chi connectivity index (χ0) is 18.7. The average Bonchev–Trinajstić information content (AvgIpc) is 2.86. The number of aryl methyl sites for hydroxylation is 1. The molecule has 2 aromatic carbocycles. The zero-order valence-corrected chi connectivity index (χ0v) is 14.9. The third-order valence-electron chi connectivity index (χ3n) is 4.15. The fourth-order valence-corrected chi connectivity index (χ4v) is 3.04. The lowest BCUT2D eigenvalue weighted by molar-refractivity contribution is -0.130. The number of nitrogens with one attached hydrogen (secondary N) is 2. The maximum atomic E-state index is 12.5. The lowest BCUT2D eigenvalue weighted by Gasteiger charge is -2.14. The summed E-state index contributed by atoms with van der Waals surface area (Å²) >= 11 is 5.89. The summed E-state index contributed by atoms with van der Waals surface area (Å²) in [6.07, 6.45) is 0.389. The Kier molecular flexibility index (Phi) is 5.23. The lowest BCUT2D eigenvalue weighted by atomic mass is 10.1. The van der Waals surface area contributed by atoms with Crippen LogP contribution in [-0.2, 0) is 16.0 Å². The van der Waals surface area contributed by atoms with Crippen LogP contribution in [0.25, 0.3) is 0 Å². The third kappa shape index (κ3) is 4.03. The molecule has 0 aliphatic carbocycles. The quantitative estimate of drug-likeness (QED) is 0.793. The van der Waals surface area contributed by atoms with Crippen molar-refractivity contribution in [3.8, 4) is 0 Å². The number of anilines is 1. The Labute approximate surface area is 156 Å². The van der Waals surface area contributed by atoms with Crippen molar-refractivity contribution in [2.24, 2.45) is 0 Å². The Bertz CT molecular complexity index is 854. The van der Waals surface area contributed by atoms with E-state index in [1.807, 2.05) is 37.3 Å². The number of imide groups is 1. The van der Waals surface area contributed by atoms with Crippen molar-refractivity contribution in [1.29, 1.82) is 0 Å². The molecular formula is C19H18ClN3O3. The molecule has 0 radical (unpaired) electrons. The zero-order valence-electron chi connectivity index (χ0n) is 14.2.